The van der Waals surface area contributed by atoms with Crippen LogP contribution in [-0.2, 0) is 26.6 Å². The number of benzene rings is 2. The van der Waals surface area contributed by atoms with Crippen LogP contribution in [0, 0.1) is 0 Å². The van der Waals surface area contributed by atoms with Crippen LogP contribution in [0.25, 0.3) is 0 Å². The van der Waals surface area contributed by atoms with Crippen molar-refractivity contribution in [3.05, 3.63) is 57.6 Å². The third kappa shape index (κ3) is 3.61. The lowest BCUT2D eigenvalue weighted by atomic mass is 10.1. The van der Waals surface area contributed by atoms with E-state index < -0.39 is 5.79 Å². The summed E-state index contributed by atoms with van der Waals surface area (Å²) < 4.78 is 17.5. The van der Waals surface area contributed by atoms with E-state index in [1.807, 2.05) is 24.3 Å². The van der Waals surface area contributed by atoms with Crippen LogP contribution >= 0.6 is 23.2 Å². The van der Waals surface area contributed by atoms with Crippen molar-refractivity contribution in [3.63, 3.8) is 0 Å². The summed E-state index contributed by atoms with van der Waals surface area (Å²) in [7, 11) is 0. The highest BCUT2D eigenvalue weighted by Gasteiger charge is 2.58. The molecule has 2 heterocycles. The van der Waals surface area contributed by atoms with E-state index in [1.54, 1.807) is 17.0 Å². The molecule has 154 valence electrons. The molecule has 1 spiro atoms. The Hall–Kier alpha value is -1.79. The van der Waals surface area contributed by atoms with Crippen molar-refractivity contribution in [2.75, 3.05) is 24.7 Å². The number of amides is 1. The molecule has 0 radical (unpaired) electrons. The average Bonchev–Trinajstić information content (AvgIpc) is 3.30. The molecule has 2 aliphatic heterocycles. The number of anilines is 1. The fraction of sp³-hybridized carbons (Fsp3) is 0.409. The van der Waals surface area contributed by atoms with Crippen LogP contribution in [0.15, 0.2) is 36.4 Å². The lowest BCUT2D eigenvalue weighted by molar-refractivity contribution is -0.180. The molecule has 2 aromatic carbocycles. The Balaban J connectivity index is 1.67. The molecular formula is C22H23Cl2NO4. The molecular weight excluding hydrogens is 413 g/mol. The van der Waals surface area contributed by atoms with Gasteiger partial charge in [-0.1, -0.05) is 61.2 Å². The Labute approximate surface area is 180 Å². The van der Waals surface area contributed by atoms with E-state index in [1.165, 1.54) is 0 Å². The molecule has 0 aliphatic carbocycles. The third-order valence-corrected chi connectivity index (χ3v) is 5.82. The lowest BCUT2D eigenvalue weighted by Crippen LogP contribution is -2.41. The highest BCUT2D eigenvalue weighted by molar-refractivity contribution is 6.38. The molecule has 29 heavy (non-hydrogen) atoms. The van der Waals surface area contributed by atoms with Gasteiger partial charge < -0.3 is 19.1 Å². The summed E-state index contributed by atoms with van der Waals surface area (Å²) in [5.41, 5.74) is 1.90. The molecule has 0 bridgehead atoms. The Bertz CT molecular complexity index is 912. The monoisotopic (exact) mass is 435 g/mol. The van der Waals surface area contributed by atoms with E-state index in [2.05, 4.69) is 6.92 Å². The van der Waals surface area contributed by atoms with Gasteiger partial charge in [0, 0.05) is 5.56 Å². The van der Waals surface area contributed by atoms with Gasteiger partial charge in [0.25, 0.3) is 11.7 Å². The van der Waals surface area contributed by atoms with Crippen LogP contribution in [0.3, 0.4) is 0 Å². The number of carbonyl (C=O) groups is 1. The zero-order chi connectivity index (χ0) is 20.4. The molecule has 0 atom stereocenters. The third-order valence-electron chi connectivity index (χ3n) is 5.20. The van der Waals surface area contributed by atoms with Gasteiger partial charge in [-0.15, -0.1) is 0 Å². The van der Waals surface area contributed by atoms with Gasteiger partial charge in [-0.25, -0.2) is 0 Å². The fourth-order valence-electron chi connectivity index (χ4n) is 3.82. The summed E-state index contributed by atoms with van der Waals surface area (Å²) >= 11 is 12.9. The minimum Gasteiger partial charge on any atom is -0.493 e. The quantitative estimate of drug-likeness (QED) is 0.552. The van der Waals surface area contributed by atoms with E-state index in [9.17, 15) is 4.79 Å². The van der Waals surface area contributed by atoms with Crippen LogP contribution in [-0.4, -0.2) is 25.7 Å². The van der Waals surface area contributed by atoms with Crippen LogP contribution in [0.4, 0.5) is 5.69 Å². The van der Waals surface area contributed by atoms with Crippen molar-refractivity contribution in [2.24, 2.45) is 0 Å². The lowest BCUT2D eigenvalue weighted by Gasteiger charge is -2.23. The van der Waals surface area contributed by atoms with Gasteiger partial charge in [0.05, 0.1) is 47.7 Å². The molecule has 1 amide bonds. The van der Waals surface area contributed by atoms with E-state index in [-0.39, 0.29) is 12.5 Å². The van der Waals surface area contributed by atoms with Gasteiger partial charge in [-0.2, -0.15) is 0 Å². The first-order valence-electron chi connectivity index (χ1n) is 9.87. The maximum atomic E-state index is 13.4. The Morgan fingerprint density at radius 3 is 2.55 bits per heavy atom. The number of unbranched alkanes of at least 4 members (excludes halogenated alkanes) is 2. The van der Waals surface area contributed by atoms with Crippen molar-refractivity contribution in [1.82, 2.24) is 0 Å². The first-order valence-corrected chi connectivity index (χ1v) is 10.6. The van der Waals surface area contributed by atoms with E-state index >= 15 is 0 Å². The summed E-state index contributed by atoms with van der Waals surface area (Å²) in [6.45, 7) is 3.71. The van der Waals surface area contributed by atoms with Gasteiger partial charge in [0.1, 0.15) is 5.75 Å². The van der Waals surface area contributed by atoms with Crippen LogP contribution < -0.4 is 9.64 Å². The molecule has 5 nitrogen and oxygen atoms in total. The van der Waals surface area contributed by atoms with Crippen LogP contribution in [0.2, 0.25) is 10.0 Å². The van der Waals surface area contributed by atoms with E-state index in [4.69, 9.17) is 37.4 Å². The normalized spacial score (nSPS) is 17.2. The number of hydrogen-bond acceptors (Lipinski definition) is 4. The highest BCUT2D eigenvalue weighted by atomic mass is 35.5. The molecule has 4 rings (SSSR count). The molecule has 1 saturated heterocycles. The van der Waals surface area contributed by atoms with Gasteiger partial charge in [0.15, 0.2) is 0 Å². The smallest absolute Gasteiger partial charge is 0.292 e. The van der Waals surface area contributed by atoms with Gasteiger partial charge in [0.2, 0.25) is 0 Å². The van der Waals surface area contributed by atoms with Gasteiger partial charge in [-0.3, -0.25) is 4.79 Å². The Morgan fingerprint density at radius 2 is 1.79 bits per heavy atom. The highest BCUT2D eigenvalue weighted by Crippen LogP contribution is 2.52. The molecule has 1 fully saturated rings. The Kier molecular flexibility index (Phi) is 6.02. The van der Waals surface area contributed by atoms with Gasteiger partial charge in [-0.05, 0) is 24.6 Å². The number of fused-ring (bicyclic) bond motifs is 2. The van der Waals surface area contributed by atoms with E-state index in [0.717, 1.165) is 30.6 Å². The summed E-state index contributed by atoms with van der Waals surface area (Å²) in [6, 6.07) is 11.1. The largest absolute Gasteiger partial charge is 0.493 e. The topological polar surface area (TPSA) is 48.0 Å². The van der Waals surface area contributed by atoms with E-state index in [0.29, 0.717) is 41.1 Å². The number of para-hydroxylation sites is 1. The minimum atomic E-state index is -1.52. The van der Waals surface area contributed by atoms with Crippen molar-refractivity contribution in [3.8, 4) is 5.75 Å². The molecule has 0 saturated carbocycles. The predicted molar refractivity (Wildman–Crippen MR) is 113 cm³/mol. The number of carbonyl (C=O) groups excluding carboxylic acids is 1. The standard InChI is InChI=1S/C22H23Cl2NO4/c1-2-3-6-11-27-18-8-5-4-7-15(18)14-25-20-17(24)10-9-16(23)19(20)22(21(25)26)28-12-13-29-22/h4-5,7-10H,2-3,6,11-14H2,1H3. The zero-order valence-corrected chi connectivity index (χ0v) is 17.8. The molecule has 0 N–H and O–H groups in total. The second kappa shape index (κ2) is 8.52. The molecule has 0 unspecified atom stereocenters. The van der Waals surface area contributed by atoms with Crippen LogP contribution in [0.1, 0.15) is 37.3 Å². The minimum absolute atomic E-state index is 0.282. The molecule has 2 aromatic rings. The first-order chi connectivity index (χ1) is 14.1. The second-order valence-corrected chi connectivity index (χ2v) is 7.94. The van der Waals surface area contributed by atoms with Crippen molar-refractivity contribution < 1.29 is 19.0 Å². The first kappa shape index (κ1) is 20.5. The van der Waals surface area contributed by atoms with Crippen LogP contribution in [0.5, 0.6) is 5.75 Å². The SMILES string of the molecule is CCCCCOc1ccccc1CN1C(=O)C2(OCCO2)c2c(Cl)ccc(Cl)c21. The zero-order valence-electron chi connectivity index (χ0n) is 16.2. The van der Waals surface area contributed by atoms with Crippen molar-refractivity contribution >= 4 is 34.8 Å². The summed E-state index contributed by atoms with van der Waals surface area (Å²) in [5.74, 6) is -1.08. The number of ether oxygens (including phenoxy) is 3. The molecule has 2 aliphatic rings. The Morgan fingerprint density at radius 1 is 1.07 bits per heavy atom. The summed E-state index contributed by atoms with van der Waals surface area (Å²) in [5, 5.41) is 0.821. The number of hydrogen-bond donors (Lipinski definition) is 0. The summed E-state index contributed by atoms with van der Waals surface area (Å²) in [4.78, 5) is 15.0. The van der Waals surface area contributed by atoms with Crippen molar-refractivity contribution in [1.29, 1.82) is 0 Å². The maximum absolute atomic E-state index is 13.4. The predicted octanol–water partition coefficient (Wildman–Crippen LogP) is 5.31. The average molecular weight is 436 g/mol. The number of rotatable bonds is 7. The number of halogens is 2. The maximum Gasteiger partial charge on any atom is 0.292 e. The van der Waals surface area contributed by atoms with Gasteiger partial charge >= 0.3 is 0 Å². The molecule has 0 aromatic heterocycles. The number of nitrogens with zero attached hydrogens (tertiary/aromatic N) is 1. The summed E-state index contributed by atoms with van der Waals surface area (Å²) in [6.07, 6.45) is 3.24. The molecule has 7 heteroatoms. The fourth-order valence-corrected chi connectivity index (χ4v) is 4.35. The second-order valence-electron chi connectivity index (χ2n) is 7.12. The van der Waals surface area contributed by atoms with Crippen molar-refractivity contribution in [2.45, 2.75) is 38.5 Å².